The fraction of sp³-hybridized carbons (Fsp3) is 0.133. The van der Waals surface area contributed by atoms with Crippen molar-refractivity contribution in [2.45, 2.75) is 13.0 Å². The van der Waals surface area contributed by atoms with Crippen LogP contribution in [0.25, 0.3) is 11.5 Å². The van der Waals surface area contributed by atoms with Crippen LogP contribution in [-0.4, -0.2) is 15.1 Å². The summed E-state index contributed by atoms with van der Waals surface area (Å²) in [5, 5.41) is 4.01. The Morgan fingerprint density at radius 1 is 1.05 bits per heavy atom. The zero-order valence-corrected chi connectivity index (χ0v) is 10.9. The smallest absolute Gasteiger partial charge is 0.257 e. The van der Waals surface area contributed by atoms with Crippen LogP contribution in [0, 0.1) is 0 Å². The van der Waals surface area contributed by atoms with E-state index in [1.54, 1.807) is 12.4 Å². The Labute approximate surface area is 116 Å². The number of hydrogen-bond acceptors (Lipinski definition) is 5. The fourth-order valence-corrected chi connectivity index (χ4v) is 1.96. The van der Waals surface area contributed by atoms with Gasteiger partial charge in [-0.2, -0.15) is 4.98 Å². The summed E-state index contributed by atoms with van der Waals surface area (Å²) in [6.45, 7) is 0.492. The molecule has 0 atom stereocenters. The van der Waals surface area contributed by atoms with E-state index in [2.05, 4.69) is 15.1 Å². The summed E-state index contributed by atoms with van der Waals surface area (Å²) in [6, 6.07) is 11.7. The molecule has 100 valence electrons. The zero-order chi connectivity index (χ0) is 13.8. The maximum absolute atomic E-state index is 5.63. The Kier molecular flexibility index (Phi) is 3.52. The first kappa shape index (κ1) is 12.5. The third-order valence-corrected chi connectivity index (χ3v) is 2.99. The van der Waals surface area contributed by atoms with Crippen molar-refractivity contribution in [1.82, 2.24) is 15.1 Å². The highest BCUT2D eigenvalue weighted by Gasteiger charge is 2.09. The van der Waals surface area contributed by atoms with Crippen molar-refractivity contribution in [3.05, 3.63) is 65.7 Å². The van der Waals surface area contributed by atoms with Crippen molar-refractivity contribution >= 4 is 0 Å². The van der Waals surface area contributed by atoms with Gasteiger partial charge in [0.15, 0.2) is 5.82 Å². The lowest BCUT2D eigenvalue weighted by atomic mass is 10.1. The average molecular weight is 266 g/mol. The second-order valence-corrected chi connectivity index (χ2v) is 4.45. The predicted octanol–water partition coefficient (Wildman–Crippen LogP) is 2.18. The largest absolute Gasteiger partial charge is 0.334 e. The van der Waals surface area contributed by atoms with Crippen LogP contribution in [0.4, 0.5) is 0 Å². The Hall–Kier alpha value is -2.53. The molecule has 2 aromatic heterocycles. The summed E-state index contributed by atoms with van der Waals surface area (Å²) in [5.74, 6) is 1.17. The minimum atomic E-state index is 0.492. The van der Waals surface area contributed by atoms with E-state index in [4.69, 9.17) is 10.3 Å². The average Bonchev–Trinajstić information content (AvgIpc) is 2.97. The molecule has 5 nitrogen and oxygen atoms in total. The molecule has 0 fully saturated rings. The summed E-state index contributed by atoms with van der Waals surface area (Å²) in [4.78, 5) is 8.39. The quantitative estimate of drug-likeness (QED) is 0.783. The van der Waals surface area contributed by atoms with Crippen molar-refractivity contribution in [1.29, 1.82) is 0 Å². The minimum Gasteiger partial charge on any atom is -0.334 e. The van der Waals surface area contributed by atoms with Crippen LogP contribution in [0.2, 0.25) is 0 Å². The Morgan fingerprint density at radius 3 is 2.70 bits per heavy atom. The summed E-state index contributed by atoms with van der Waals surface area (Å²) in [7, 11) is 0. The van der Waals surface area contributed by atoms with Crippen molar-refractivity contribution in [3.63, 3.8) is 0 Å². The normalized spacial score (nSPS) is 10.7. The lowest BCUT2D eigenvalue weighted by molar-refractivity contribution is 0.424. The lowest BCUT2D eigenvalue weighted by Gasteiger charge is -1.98. The van der Waals surface area contributed by atoms with Gasteiger partial charge in [-0.15, -0.1) is 0 Å². The Balaban J connectivity index is 1.83. The molecule has 0 amide bonds. The number of nitrogens with two attached hydrogens (primary N) is 1. The molecule has 0 aliphatic rings. The molecule has 2 heterocycles. The third-order valence-electron chi connectivity index (χ3n) is 2.99. The summed E-state index contributed by atoms with van der Waals surface area (Å²) in [5.41, 5.74) is 8.66. The molecular formula is C15H14N4O. The van der Waals surface area contributed by atoms with E-state index in [0.717, 1.165) is 16.7 Å². The molecule has 0 bridgehead atoms. The van der Waals surface area contributed by atoms with Gasteiger partial charge in [0.1, 0.15) is 0 Å². The van der Waals surface area contributed by atoms with Crippen molar-refractivity contribution in [2.24, 2.45) is 5.73 Å². The topological polar surface area (TPSA) is 77.8 Å². The van der Waals surface area contributed by atoms with E-state index < -0.39 is 0 Å². The molecule has 0 radical (unpaired) electrons. The first-order valence-electron chi connectivity index (χ1n) is 6.36. The molecule has 0 saturated heterocycles. The second-order valence-electron chi connectivity index (χ2n) is 4.45. The van der Waals surface area contributed by atoms with Crippen LogP contribution in [0.3, 0.4) is 0 Å². The molecule has 2 N–H and O–H groups in total. The van der Waals surface area contributed by atoms with Crippen LogP contribution in [-0.2, 0) is 13.0 Å². The molecule has 0 spiro atoms. The Morgan fingerprint density at radius 2 is 1.90 bits per heavy atom. The molecule has 1 aromatic carbocycles. The first-order chi connectivity index (χ1) is 9.85. The molecule has 0 unspecified atom stereocenters. The van der Waals surface area contributed by atoms with Crippen molar-refractivity contribution in [3.8, 4) is 11.5 Å². The van der Waals surface area contributed by atoms with Crippen molar-refractivity contribution < 1.29 is 4.52 Å². The van der Waals surface area contributed by atoms with Gasteiger partial charge in [-0.05, 0) is 35.4 Å². The van der Waals surface area contributed by atoms with E-state index >= 15 is 0 Å². The van der Waals surface area contributed by atoms with Gasteiger partial charge in [-0.1, -0.05) is 17.3 Å². The monoisotopic (exact) mass is 266 g/mol. The lowest BCUT2D eigenvalue weighted by Crippen LogP contribution is -1.95. The maximum atomic E-state index is 5.63. The van der Waals surface area contributed by atoms with Crippen LogP contribution < -0.4 is 5.73 Å². The number of aromatic nitrogens is 3. The number of nitrogens with zero attached hydrogens (tertiary/aromatic N) is 3. The predicted molar refractivity (Wildman–Crippen MR) is 74.7 cm³/mol. The molecule has 3 rings (SSSR count). The van der Waals surface area contributed by atoms with Gasteiger partial charge in [0, 0.05) is 30.9 Å². The molecule has 0 aliphatic carbocycles. The molecule has 20 heavy (non-hydrogen) atoms. The summed E-state index contributed by atoms with van der Waals surface area (Å²) in [6.07, 6.45) is 4.13. The van der Waals surface area contributed by atoms with Gasteiger partial charge < -0.3 is 10.3 Å². The van der Waals surface area contributed by atoms with E-state index in [-0.39, 0.29) is 0 Å². The highest BCUT2D eigenvalue weighted by Crippen LogP contribution is 2.19. The molecule has 3 aromatic rings. The second kappa shape index (κ2) is 5.63. The van der Waals surface area contributed by atoms with Gasteiger partial charge in [0.25, 0.3) is 5.89 Å². The standard InChI is InChI=1S/C15H14N4O/c16-10-12-2-1-3-13(8-12)15-18-14(19-20-15)9-11-4-6-17-7-5-11/h1-8H,9-10,16H2. The summed E-state index contributed by atoms with van der Waals surface area (Å²) >= 11 is 0. The van der Waals surface area contributed by atoms with Crippen molar-refractivity contribution in [2.75, 3.05) is 0 Å². The number of pyridine rings is 1. The number of rotatable bonds is 4. The number of benzene rings is 1. The van der Waals surface area contributed by atoms with Gasteiger partial charge in [-0.3, -0.25) is 4.98 Å². The maximum Gasteiger partial charge on any atom is 0.257 e. The van der Waals surface area contributed by atoms with Crippen LogP contribution in [0.15, 0.2) is 53.3 Å². The van der Waals surface area contributed by atoms with Crippen LogP contribution >= 0.6 is 0 Å². The highest BCUT2D eigenvalue weighted by molar-refractivity contribution is 5.54. The molecular weight excluding hydrogens is 252 g/mol. The van der Waals surface area contributed by atoms with E-state index in [9.17, 15) is 0 Å². The zero-order valence-electron chi connectivity index (χ0n) is 10.9. The van der Waals surface area contributed by atoms with Crippen LogP contribution in [0.1, 0.15) is 17.0 Å². The Bertz CT molecular complexity index is 694. The fourth-order valence-electron chi connectivity index (χ4n) is 1.96. The minimum absolute atomic E-state index is 0.492. The van der Waals surface area contributed by atoms with E-state index in [1.807, 2.05) is 36.4 Å². The van der Waals surface area contributed by atoms with E-state index in [0.29, 0.717) is 24.7 Å². The van der Waals surface area contributed by atoms with Gasteiger partial charge in [0.05, 0.1) is 0 Å². The van der Waals surface area contributed by atoms with Crippen LogP contribution in [0.5, 0.6) is 0 Å². The molecule has 5 heteroatoms. The van der Waals surface area contributed by atoms with Gasteiger partial charge in [0.2, 0.25) is 0 Å². The molecule has 0 saturated carbocycles. The van der Waals surface area contributed by atoms with Gasteiger partial charge in [-0.25, -0.2) is 0 Å². The summed E-state index contributed by atoms with van der Waals surface area (Å²) < 4.78 is 5.30. The highest BCUT2D eigenvalue weighted by atomic mass is 16.5. The SMILES string of the molecule is NCc1cccc(-c2nc(Cc3ccncc3)no2)c1. The molecule has 0 aliphatic heterocycles. The van der Waals surface area contributed by atoms with E-state index in [1.165, 1.54) is 0 Å². The third kappa shape index (κ3) is 2.73. The first-order valence-corrected chi connectivity index (χ1v) is 6.36. The number of hydrogen-bond donors (Lipinski definition) is 1. The van der Waals surface area contributed by atoms with Gasteiger partial charge >= 0.3 is 0 Å².